The van der Waals surface area contributed by atoms with Crippen LogP contribution in [-0.2, 0) is 6.42 Å². The van der Waals surface area contributed by atoms with E-state index in [1.54, 1.807) is 0 Å². The minimum atomic E-state index is 0.213. The van der Waals surface area contributed by atoms with Gasteiger partial charge in [0.1, 0.15) is 0 Å². The number of nitrogens with one attached hydrogen (secondary N) is 1. The van der Waals surface area contributed by atoms with E-state index in [0.29, 0.717) is 0 Å². The zero-order valence-corrected chi connectivity index (χ0v) is 11.2. The Hall–Kier alpha value is -2.19. The van der Waals surface area contributed by atoms with Crippen molar-refractivity contribution in [3.63, 3.8) is 0 Å². The van der Waals surface area contributed by atoms with E-state index in [9.17, 15) is 0 Å². The van der Waals surface area contributed by atoms with Crippen molar-refractivity contribution < 1.29 is 0 Å². The number of aromatic nitrogens is 1. The predicted molar refractivity (Wildman–Crippen MR) is 81.7 cm³/mol. The van der Waals surface area contributed by atoms with E-state index in [4.69, 9.17) is 4.98 Å². The molecule has 0 radical (unpaired) electrons. The molecule has 98 valence electrons. The number of hydrogen-bond donors (Lipinski definition) is 1. The van der Waals surface area contributed by atoms with Gasteiger partial charge in [0, 0.05) is 11.9 Å². The number of nitrogens with zero attached hydrogens (tertiary/aromatic N) is 1. The number of rotatable bonds is 1. The third kappa shape index (κ3) is 1.89. The van der Waals surface area contributed by atoms with E-state index in [-0.39, 0.29) is 6.04 Å². The summed E-state index contributed by atoms with van der Waals surface area (Å²) < 4.78 is 0. The molecule has 20 heavy (non-hydrogen) atoms. The summed E-state index contributed by atoms with van der Waals surface area (Å²) in [4.78, 5) is 4.84. The molecule has 1 aromatic heterocycles. The minimum Gasteiger partial charge on any atom is -0.305 e. The molecule has 0 saturated carbocycles. The summed E-state index contributed by atoms with van der Waals surface area (Å²) in [7, 11) is 0. The van der Waals surface area contributed by atoms with Crippen molar-refractivity contribution >= 4 is 10.9 Å². The largest absolute Gasteiger partial charge is 0.305 e. The molecule has 2 heterocycles. The summed E-state index contributed by atoms with van der Waals surface area (Å²) in [5, 5.41) is 4.79. The average molecular weight is 260 g/mol. The summed E-state index contributed by atoms with van der Waals surface area (Å²) in [5.41, 5.74) is 4.97. The maximum atomic E-state index is 4.84. The van der Waals surface area contributed by atoms with Gasteiger partial charge in [-0.25, -0.2) is 0 Å². The maximum absolute atomic E-state index is 4.84. The highest BCUT2D eigenvalue weighted by molar-refractivity contribution is 5.78. The summed E-state index contributed by atoms with van der Waals surface area (Å²) in [5.74, 6) is 0. The molecule has 1 aliphatic heterocycles. The smallest absolute Gasteiger partial charge is 0.0754 e. The van der Waals surface area contributed by atoms with Gasteiger partial charge in [0.15, 0.2) is 0 Å². The summed E-state index contributed by atoms with van der Waals surface area (Å²) >= 11 is 0. The van der Waals surface area contributed by atoms with Gasteiger partial charge in [-0.15, -0.1) is 0 Å². The molecule has 2 nitrogen and oxygen atoms in total. The zero-order valence-electron chi connectivity index (χ0n) is 11.2. The molecule has 1 N–H and O–H groups in total. The van der Waals surface area contributed by atoms with Gasteiger partial charge >= 0.3 is 0 Å². The van der Waals surface area contributed by atoms with Gasteiger partial charge in [-0.3, -0.25) is 4.98 Å². The molecule has 1 aliphatic rings. The lowest BCUT2D eigenvalue weighted by molar-refractivity contribution is 0.558. The van der Waals surface area contributed by atoms with Gasteiger partial charge in [-0.1, -0.05) is 48.5 Å². The lowest BCUT2D eigenvalue weighted by Crippen LogP contribution is -2.31. The Morgan fingerprint density at radius 1 is 0.900 bits per heavy atom. The summed E-state index contributed by atoms with van der Waals surface area (Å²) in [6.07, 6.45) is 1.10. The fourth-order valence-electron chi connectivity index (χ4n) is 3.01. The minimum absolute atomic E-state index is 0.213. The Morgan fingerprint density at radius 2 is 1.75 bits per heavy atom. The van der Waals surface area contributed by atoms with E-state index in [1.807, 2.05) is 6.07 Å². The number of hydrogen-bond acceptors (Lipinski definition) is 2. The van der Waals surface area contributed by atoms with Crippen LogP contribution < -0.4 is 5.32 Å². The average Bonchev–Trinajstić information content (AvgIpc) is 2.54. The quantitative estimate of drug-likeness (QED) is 0.724. The molecule has 0 saturated heterocycles. The zero-order chi connectivity index (χ0) is 13.4. The second-order valence-corrected chi connectivity index (χ2v) is 5.26. The van der Waals surface area contributed by atoms with Gasteiger partial charge in [-0.05, 0) is 29.7 Å². The highest BCUT2D eigenvalue weighted by Crippen LogP contribution is 2.28. The van der Waals surface area contributed by atoms with Crippen LogP contribution in [0.25, 0.3) is 10.9 Å². The molecule has 1 atom stereocenters. The molecule has 0 amide bonds. The Labute approximate surface area is 118 Å². The Morgan fingerprint density at radius 3 is 2.75 bits per heavy atom. The van der Waals surface area contributed by atoms with Crippen molar-refractivity contribution in [3.8, 4) is 0 Å². The molecule has 0 spiro atoms. The van der Waals surface area contributed by atoms with Crippen LogP contribution in [0.1, 0.15) is 22.9 Å². The number of pyridine rings is 1. The third-order valence-corrected chi connectivity index (χ3v) is 4.02. The highest BCUT2D eigenvalue weighted by atomic mass is 14.9. The predicted octanol–water partition coefficient (Wildman–Crippen LogP) is 3.47. The van der Waals surface area contributed by atoms with Gasteiger partial charge in [0.25, 0.3) is 0 Å². The first-order chi connectivity index (χ1) is 9.92. The van der Waals surface area contributed by atoms with Crippen molar-refractivity contribution in [1.29, 1.82) is 0 Å². The van der Waals surface area contributed by atoms with Crippen LogP contribution in [-0.4, -0.2) is 11.5 Å². The monoisotopic (exact) mass is 260 g/mol. The number of para-hydroxylation sites is 1. The van der Waals surface area contributed by atoms with Crippen LogP contribution in [0, 0.1) is 0 Å². The van der Waals surface area contributed by atoms with Crippen molar-refractivity contribution in [1.82, 2.24) is 10.3 Å². The fraction of sp³-hybridized carbons (Fsp3) is 0.167. The second kappa shape index (κ2) is 4.73. The first kappa shape index (κ1) is 11.6. The molecule has 0 fully saturated rings. The fourth-order valence-corrected chi connectivity index (χ4v) is 3.01. The number of fused-ring (bicyclic) bond motifs is 2. The topological polar surface area (TPSA) is 24.9 Å². The van der Waals surface area contributed by atoms with Gasteiger partial charge < -0.3 is 5.32 Å². The summed E-state index contributed by atoms with van der Waals surface area (Å²) in [6.45, 7) is 1.01. The Kier molecular flexibility index (Phi) is 2.75. The van der Waals surface area contributed by atoms with Gasteiger partial charge in [0.2, 0.25) is 0 Å². The Bertz CT molecular complexity index is 764. The van der Waals surface area contributed by atoms with E-state index in [0.717, 1.165) is 24.2 Å². The van der Waals surface area contributed by atoms with E-state index >= 15 is 0 Å². The first-order valence-electron chi connectivity index (χ1n) is 7.09. The van der Waals surface area contributed by atoms with Crippen LogP contribution in [0.5, 0.6) is 0 Å². The van der Waals surface area contributed by atoms with Crippen LogP contribution in [0.2, 0.25) is 0 Å². The van der Waals surface area contributed by atoms with Crippen molar-refractivity contribution in [2.45, 2.75) is 12.5 Å². The molecular weight excluding hydrogens is 244 g/mol. The van der Waals surface area contributed by atoms with Crippen LogP contribution in [0.3, 0.4) is 0 Å². The van der Waals surface area contributed by atoms with Crippen molar-refractivity contribution in [2.75, 3.05) is 6.54 Å². The maximum Gasteiger partial charge on any atom is 0.0754 e. The highest BCUT2D eigenvalue weighted by Gasteiger charge is 2.21. The van der Waals surface area contributed by atoms with Crippen LogP contribution in [0.4, 0.5) is 0 Å². The molecule has 2 heteroatoms. The lowest BCUT2D eigenvalue weighted by atomic mass is 9.92. The lowest BCUT2D eigenvalue weighted by Gasteiger charge is -2.26. The Balaban J connectivity index is 1.84. The second-order valence-electron chi connectivity index (χ2n) is 5.26. The molecule has 1 unspecified atom stereocenters. The van der Waals surface area contributed by atoms with Crippen molar-refractivity contribution in [3.05, 3.63) is 77.5 Å². The van der Waals surface area contributed by atoms with Crippen molar-refractivity contribution in [2.24, 2.45) is 0 Å². The van der Waals surface area contributed by atoms with E-state index in [1.165, 1.54) is 16.5 Å². The van der Waals surface area contributed by atoms with Crippen LogP contribution in [0.15, 0.2) is 60.7 Å². The number of benzene rings is 2. The SMILES string of the molecule is c1ccc2c(c1)CCNC2c1ccc2ccccc2n1. The third-order valence-electron chi connectivity index (χ3n) is 4.02. The molecule has 4 rings (SSSR count). The first-order valence-corrected chi connectivity index (χ1v) is 7.09. The molecule has 3 aromatic rings. The van der Waals surface area contributed by atoms with Gasteiger partial charge in [0.05, 0.1) is 17.3 Å². The molecule has 0 bridgehead atoms. The van der Waals surface area contributed by atoms with Gasteiger partial charge in [-0.2, -0.15) is 0 Å². The normalized spacial score (nSPS) is 17.9. The molecule has 0 aliphatic carbocycles. The van der Waals surface area contributed by atoms with E-state index < -0.39 is 0 Å². The van der Waals surface area contributed by atoms with Crippen LogP contribution >= 0.6 is 0 Å². The molecular formula is C18H16N2. The molecule has 2 aromatic carbocycles. The summed E-state index contributed by atoms with van der Waals surface area (Å²) in [6, 6.07) is 21.5. The standard InChI is InChI=1S/C18H16N2/c1-3-7-15-13(5-1)11-12-19-18(15)17-10-9-14-6-2-4-8-16(14)20-17/h1-10,18-19H,11-12H2. The van der Waals surface area contributed by atoms with E-state index in [2.05, 4.69) is 59.9 Å².